The monoisotopic (exact) mass is 255 g/mol. The molecule has 1 atom stereocenters. The van der Waals surface area contributed by atoms with Crippen molar-refractivity contribution in [1.82, 2.24) is 5.32 Å². The van der Waals surface area contributed by atoms with Gasteiger partial charge >= 0.3 is 0 Å². The molecule has 4 heteroatoms. The van der Waals surface area contributed by atoms with Crippen LogP contribution < -0.4 is 10.1 Å². The highest BCUT2D eigenvalue weighted by Gasteiger charge is 2.05. The van der Waals surface area contributed by atoms with Crippen molar-refractivity contribution in [1.29, 1.82) is 0 Å². The summed E-state index contributed by atoms with van der Waals surface area (Å²) < 4.78 is 5.56. The van der Waals surface area contributed by atoms with Crippen LogP contribution in [0.1, 0.15) is 5.56 Å². The van der Waals surface area contributed by atoms with Gasteiger partial charge in [0, 0.05) is 18.8 Å². The number of aliphatic hydroxyl groups is 1. The summed E-state index contributed by atoms with van der Waals surface area (Å²) in [4.78, 5) is 0. The van der Waals surface area contributed by atoms with Crippen molar-refractivity contribution in [2.75, 3.05) is 31.7 Å². The summed E-state index contributed by atoms with van der Waals surface area (Å²) in [5.41, 5.74) is 1.09. The number of rotatable bonds is 8. The SMILES string of the molecule is CSCCNCC(O)COc1ccccc1C. The first-order chi connectivity index (χ1) is 8.24. The van der Waals surface area contributed by atoms with E-state index in [1.165, 1.54) is 0 Å². The average molecular weight is 255 g/mol. The van der Waals surface area contributed by atoms with Crippen LogP contribution in [0.15, 0.2) is 24.3 Å². The molecule has 0 aromatic heterocycles. The zero-order valence-electron chi connectivity index (χ0n) is 10.5. The van der Waals surface area contributed by atoms with Crippen LogP contribution in [0.5, 0.6) is 5.75 Å². The summed E-state index contributed by atoms with van der Waals surface area (Å²) in [5.74, 6) is 1.90. The minimum absolute atomic E-state index is 0.330. The second kappa shape index (κ2) is 8.39. The number of nitrogens with one attached hydrogen (secondary N) is 1. The van der Waals surface area contributed by atoms with Gasteiger partial charge in [-0.25, -0.2) is 0 Å². The van der Waals surface area contributed by atoms with Crippen LogP contribution in [-0.2, 0) is 0 Å². The van der Waals surface area contributed by atoms with E-state index in [1.54, 1.807) is 11.8 Å². The minimum atomic E-state index is -0.462. The van der Waals surface area contributed by atoms with E-state index in [-0.39, 0.29) is 0 Å². The summed E-state index contributed by atoms with van der Waals surface area (Å²) in [6.45, 7) is 3.82. The molecule has 1 rings (SSSR count). The summed E-state index contributed by atoms with van der Waals surface area (Å²) >= 11 is 1.79. The molecule has 0 saturated heterocycles. The number of para-hydroxylation sites is 1. The first-order valence-corrected chi connectivity index (χ1v) is 7.19. The molecule has 0 aliphatic heterocycles. The third-order valence-electron chi connectivity index (χ3n) is 2.39. The first kappa shape index (κ1) is 14.4. The van der Waals surface area contributed by atoms with Crippen LogP contribution in [0.3, 0.4) is 0 Å². The van der Waals surface area contributed by atoms with Gasteiger partial charge in [0.25, 0.3) is 0 Å². The van der Waals surface area contributed by atoms with E-state index >= 15 is 0 Å². The number of hydrogen-bond acceptors (Lipinski definition) is 4. The second-order valence-corrected chi connectivity index (χ2v) is 4.91. The van der Waals surface area contributed by atoms with Crippen LogP contribution in [0, 0.1) is 6.92 Å². The van der Waals surface area contributed by atoms with Gasteiger partial charge in [0.15, 0.2) is 0 Å². The number of ether oxygens (including phenoxy) is 1. The van der Waals surface area contributed by atoms with E-state index in [0.29, 0.717) is 13.2 Å². The molecule has 0 heterocycles. The second-order valence-electron chi connectivity index (χ2n) is 3.93. The molecule has 1 aromatic carbocycles. The molecule has 17 heavy (non-hydrogen) atoms. The Hall–Kier alpha value is -0.710. The fourth-order valence-electron chi connectivity index (χ4n) is 1.41. The molecule has 0 bridgehead atoms. The molecule has 0 amide bonds. The third-order valence-corrected chi connectivity index (χ3v) is 3.00. The molecule has 0 spiro atoms. The van der Waals surface area contributed by atoms with E-state index < -0.39 is 6.10 Å². The molecule has 0 radical (unpaired) electrons. The molecular weight excluding hydrogens is 234 g/mol. The van der Waals surface area contributed by atoms with Crippen molar-refractivity contribution in [2.24, 2.45) is 0 Å². The van der Waals surface area contributed by atoms with Crippen LogP contribution >= 0.6 is 11.8 Å². The van der Waals surface area contributed by atoms with Crippen LogP contribution in [0.25, 0.3) is 0 Å². The summed E-state index contributed by atoms with van der Waals surface area (Å²) in [7, 11) is 0. The van der Waals surface area contributed by atoms with Crippen molar-refractivity contribution < 1.29 is 9.84 Å². The van der Waals surface area contributed by atoms with Gasteiger partial charge < -0.3 is 15.2 Å². The molecule has 1 aromatic rings. The van der Waals surface area contributed by atoms with Crippen LogP contribution in [0.2, 0.25) is 0 Å². The Kier molecular flexibility index (Phi) is 7.08. The molecule has 3 nitrogen and oxygen atoms in total. The summed E-state index contributed by atoms with van der Waals surface area (Å²) in [6.07, 6.45) is 1.61. The number of aliphatic hydroxyl groups excluding tert-OH is 1. The Bertz CT molecular complexity index is 320. The molecule has 2 N–H and O–H groups in total. The molecule has 0 aliphatic carbocycles. The number of benzene rings is 1. The van der Waals surface area contributed by atoms with Crippen molar-refractivity contribution in [3.63, 3.8) is 0 Å². The predicted octanol–water partition coefficient (Wildman–Crippen LogP) is 1.69. The highest BCUT2D eigenvalue weighted by Crippen LogP contribution is 2.16. The maximum atomic E-state index is 9.71. The lowest BCUT2D eigenvalue weighted by Crippen LogP contribution is -2.32. The van der Waals surface area contributed by atoms with Crippen molar-refractivity contribution in [3.05, 3.63) is 29.8 Å². The van der Waals surface area contributed by atoms with Gasteiger partial charge in [0.05, 0.1) is 0 Å². The lowest BCUT2D eigenvalue weighted by atomic mass is 10.2. The summed E-state index contributed by atoms with van der Waals surface area (Å²) in [5, 5.41) is 12.9. The number of thioether (sulfide) groups is 1. The quantitative estimate of drug-likeness (QED) is 0.694. The van der Waals surface area contributed by atoms with E-state index in [9.17, 15) is 5.11 Å². The van der Waals surface area contributed by atoms with Gasteiger partial charge in [-0.15, -0.1) is 0 Å². The normalized spacial score (nSPS) is 12.4. The Labute approximate surface area is 108 Å². The largest absolute Gasteiger partial charge is 0.491 e. The van der Waals surface area contributed by atoms with E-state index in [4.69, 9.17) is 4.74 Å². The molecule has 1 unspecified atom stereocenters. The van der Waals surface area contributed by atoms with Crippen LogP contribution in [-0.4, -0.2) is 42.9 Å². The van der Waals surface area contributed by atoms with E-state index in [2.05, 4.69) is 11.6 Å². The zero-order valence-corrected chi connectivity index (χ0v) is 11.3. The first-order valence-electron chi connectivity index (χ1n) is 5.80. The smallest absolute Gasteiger partial charge is 0.122 e. The maximum Gasteiger partial charge on any atom is 0.122 e. The lowest BCUT2D eigenvalue weighted by molar-refractivity contribution is 0.106. The van der Waals surface area contributed by atoms with Gasteiger partial charge in [-0.3, -0.25) is 0 Å². The van der Waals surface area contributed by atoms with Crippen molar-refractivity contribution in [2.45, 2.75) is 13.0 Å². The average Bonchev–Trinajstić information content (AvgIpc) is 2.34. The fourth-order valence-corrected chi connectivity index (χ4v) is 1.75. The Morgan fingerprint density at radius 3 is 2.88 bits per heavy atom. The van der Waals surface area contributed by atoms with Crippen LogP contribution in [0.4, 0.5) is 0 Å². The molecule has 96 valence electrons. The Balaban J connectivity index is 2.19. The predicted molar refractivity (Wildman–Crippen MR) is 73.9 cm³/mol. The fraction of sp³-hybridized carbons (Fsp3) is 0.538. The third kappa shape index (κ3) is 5.96. The summed E-state index contributed by atoms with van der Waals surface area (Å²) in [6, 6.07) is 7.83. The number of aryl methyl sites for hydroxylation is 1. The zero-order chi connectivity index (χ0) is 12.5. The van der Waals surface area contributed by atoms with Gasteiger partial charge in [-0.2, -0.15) is 11.8 Å². The van der Waals surface area contributed by atoms with E-state index in [0.717, 1.165) is 23.6 Å². The van der Waals surface area contributed by atoms with Gasteiger partial charge in [0.2, 0.25) is 0 Å². The standard InChI is InChI=1S/C13H21NO2S/c1-11-5-3-4-6-13(11)16-10-12(15)9-14-7-8-17-2/h3-6,12,14-15H,7-10H2,1-2H3. The Morgan fingerprint density at radius 2 is 2.18 bits per heavy atom. The minimum Gasteiger partial charge on any atom is -0.491 e. The maximum absolute atomic E-state index is 9.71. The Morgan fingerprint density at radius 1 is 1.41 bits per heavy atom. The van der Waals surface area contributed by atoms with Gasteiger partial charge in [0.1, 0.15) is 18.5 Å². The van der Waals surface area contributed by atoms with Gasteiger partial charge in [-0.1, -0.05) is 18.2 Å². The molecule has 0 aliphatic rings. The topological polar surface area (TPSA) is 41.5 Å². The van der Waals surface area contributed by atoms with Crippen molar-refractivity contribution in [3.8, 4) is 5.75 Å². The highest BCUT2D eigenvalue weighted by molar-refractivity contribution is 7.98. The lowest BCUT2D eigenvalue weighted by Gasteiger charge is -2.14. The highest BCUT2D eigenvalue weighted by atomic mass is 32.2. The molecular formula is C13H21NO2S. The number of hydrogen-bond donors (Lipinski definition) is 2. The van der Waals surface area contributed by atoms with Gasteiger partial charge in [-0.05, 0) is 24.8 Å². The molecule has 0 saturated carbocycles. The molecule has 0 fully saturated rings. The van der Waals surface area contributed by atoms with E-state index in [1.807, 2.05) is 31.2 Å². The van der Waals surface area contributed by atoms with Crippen molar-refractivity contribution >= 4 is 11.8 Å².